The van der Waals surface area contributed by atoms with Crippen LogP contribution < -0.4 is 9.47 Å². The van der Waals surface area contributed by atoms with E-state index in [1.54, 1.807) is 66.3 Å². The maximum atomic E-state index is 12.7. The highest BCUT2D eigenvalue weighted by Crippen LogP contribution is 2.28. The Hall–Kier alpha value is -2.44. The molecule has 154 valence electrons. The Bertz CT molecular complexity index is 881. The fraction of sp³-hybridized carbons (Fsp3) is 0.333. The van der Waals surface area contributed by atoms with Crippen molar-refractivity contribution >= 4 is 35.0 Å². The number of methoxy groups -OCH3 is 1. The molecule has 8 heteroatoms. The quantitative estimate of drug-likeness (QED) is 0.715. The molecule has 0 N–H and O–H groups in total. The van der Waals surface area contributed by atoms with Crippen molar-refractivity contribution in [2.45, 2.75) is 13.0 Å². The zero-order valence-corrected chi connectivity index (χ0v) is 17.7. The van der Waals surface area contributed by atoms with E-state index in [9.17, 15) is 9.59 Å². The summed E-state index contributed by atoms with van der Waals surface area (Å²) in [6.45, 7) is 3.50. The Morgan fingerprint density at radius 1 is 0.966 bits per heavy atom. The van der Waals surface area contributed by atoms with Crippen molar-refractivity contribution in [3.63, 3.8) is 0 Å². The summed E-state index contributed by atoms with van der Waals surface area (Å²) in [4.78, 5) is 28.8. The molecular weight excluding hydrogens is 415 g/mol. The van der Waals surface area contributed by atoms with Crippen LogP contribution in [0.2, 0.25) is 10.0 Å². The Morgan fingerprint density at radius 3 is 2.17 bits per heavy atom. The number of halogens is 2. The molecule has 3 rings (SSSR count). The number of nitrogens with zero attached hydrogens (tertiary/aromatic N) is 2. The summed E-state index contributed by atoms with van der Waals surface area (Å²) >= 11 is 12.0. The lowest BCUT2D eigenvalue weighted by atomic mass is 10.1. The van der Waals surface area contributed by atoms with Gasteiger partial charge in [0.25, 0.3) is 11.8 Å². The van der Waals surface area contributed by atoms with E-state index in [0.717, 1.165) is 0 Å². The number of ether oxygens (including phenoxy) is 2. The molecule has 0 bridgehead atoms. The number of hydrogen-bond donors (Lipinski definition) is 0. The first-order valence-electron chi connectivity index (χ1n) is 9.23. The van der Waals surface area contributed by atoms with Gasteiger partial charge in [-0.1, -0.05) is 23.2 Å². The molecule has 1 aliphatic heterocycles. The second-order valence-corrected chi connectivity index (χ2v) is 7.52. The second kappa shape index (κ2) is 9.37. The number of carbonyl (C=O) groups is 2. The smallest absolute Gasteiger partial charge is 0.263 e. The average Bonchev–Trinajstić information content (AvgIpc) is 2.74. The van der Waals surface area contributed by atoms with Crippen LogP contribution in [-0.2, 0) is 4.79 Å². The highest BCUT2D eigenvalue weighted by molar-refractivity contribution is 6.35. The molecule has 1 saturated heterocycles. The lowest BCUT2D eigenvalue weighted by Crippen LogP contribution is -2.53. The van der Waals surface area contributed by atoms with Crippen LogP contribution in [0.3, 0.4) is 0 Å². The highest BCUT2D eigenvalue weighted by Gasteiger charge is 2.28. The minimum absolute atomic E-state index is 0.0583. The van der Waals surface area contributed by atoms with Gasteiger partial charge in [0, 0.05) is 36.8 Å². The average molecular weight is 437 g/mol. The standard InChI is InChI=1S/C21H22Cl2N2O4/c1-14(29-19-8-5-16(22)13-18(19)23)20(26)24-9-11-25(12-10-24)21(27)15-3-6-17(28-2)7-4-15/h3-8,13-14H,9-12H2,1-2H3. The molecule has 0 spiro atoms. The summed E-state index contributed by atoms with van der Waals surface area (Å²) in [6, 6.07) is 11.9. The van der Waals surface area contributed by atoms with Gasteiger partial charge in [-0.25, -0.2) is 0 Å². The lowest BCUT2D eigenvalue weighted by molar-refractivity contribution is -0.139. The van der Waals surface area contributed by atoms with Crippen LogP contribution in [0.25, 0.3) is 0 Å². The third-order valence-electron chi connectivity index (χ3n) is 4.76. The lowest BCUT2D eigenvalue weighted by Gasteiger charge is -2.36. The molecule has 1 unspecified atom stereocenters. The largest absolute Gasteiger partial charge is 0.497 e. The molecule has 29 heavy (non-hydrogen) atoms. The number of rotatable bonds is 5. The van der Waals surface area contributed by atoms with Gasteiger partial charge in [-0.2, -0.15) is 0 Å². The van der Waals surface area contributed by atoms with E-state index in [2.05, 4.69) is 0 Å². The van der Waals surface area contributed by atoms with Crippen LogP contribution in [0.4, 0.5) is 0 Å². The third-order valence-corrected chi connectivity index (χ3v) is 5.29. The fourth-order valence-corrected chi connectivity index (χ4v) is 3.57. The first kappa shape index (κ1) is 21.3. The summed E-state index contributed by atoms with van der Waals surface area (Å²) < 4.78 is 10.8. The summed E-state index contributed by atoms with van der Waals surface area (Å²) in [5.41, 5.74) is 0.597. The molecule has 6 nitrogen and oxygen atoms in total. The first-order chi connectivity index (χ1) is 13.9. The number of amides is 2. The normalized spacial score (nSPS) is 15.0. The molecular formula is C21H22Cl2N2O4. The van der Waals surface area contributed by atoms with Gasteiger partial charge in [-0.15, -0.1) is 0 Å². The molecule has 0 saturated carbocycles. The third kappa shape index (κ3) is 5.14. The van der Waals surface area contributed by atoms with E-state index in [1.807, 2.05) is 0 Å². The molecule has 2 aromatic carbocycles. The Morgan fingerprint density at radius 2 is 1.59 bits per heavy atom. The number of piperazine rings is 1. The van der Waals surface area contributed by atoms with Crippen molar-refractivity contribution in [2.75, 3.05) is 33.3 Å². The van der Waals surface area contributed by atoms with E-state index in [4.69, 9.17) is 32.7 Å². The van der Waals surface area contributed by atoms with E-state index >= 15 is 0 Å². The van der Waals surface area contributed by atoms with Crippen LogP contribution in [0.15, 0.2) is 42.5 Å². The van der Waals surface area contributed by atoms with Crippen LogP contribution in [0, 0.1) is 0 Å². The Balaban J connectivity index is 1.55. The maximum Gasteiger partial charge on any atom is 0.263 e. The Labute approximate surface area is 179 Å². The predicted molar refractivity (Wildman–Crippen MR) is 112 cm³/mol. The highest BCUT2D eigenvalue weighted by atomic mass is 35.5. The molecule has 1 heterocycles. The molecule has 2 aromatic rings. The molecule has 0 radical (unpaired) electrons. The number of benzene rings is 2. The van der Waals surface area contributed by atoms with E-state index < -0.39 is 6.10 Å². The van der Waals surface area contributed by atoms with E-state index in [-0.39, 0.29) is 11.8 Å². The molecule has 1 aliphatic rings. The summed E-state index contributed by atoms with van der Waals surface area (Å²) in [7, 11) is 1.58. The molecule has 2 amide bonds. The van der Waals surface area contributed by atoms with Gasteiger partial charge in [0.15, 0.2) is 6.10 Å². The summed E-state index contributed by atoms with van der Waals surface area (Å²) in [6.07, 6.45) is -0.697. The number of hydrogen-bond acceptors (Lipinski definition) is 4. The molecule has 0 aromatic heterocycles. The molecule has 0 aliphatic carbocycles. The van der Waals surface area contributed by atoms with Gasteiger partial charge in [0.1, 0.15) is 11.5 Å². The van der Waals surface area contributed by atoms with Crippen molar-refractivity contribution in [1.29, 1.82) is 0 Å². The van der Waals surface area contributed by atoms with Gasteiger partial charge in [-0.05, 0) is 49.4 Å². The maximum absolute atomic E-state index is 12.7. The van der Waals surface area contributed by atoms with Crippen molar-refractivity contribution in [3.8, 4) is 11.5 Å². The topological polar surface area (TPSA) is 59.1 Å². The van der Waals surface area contributed by atoms with E-state index in [1.165, 1.54) is 0 Å². The second-order valence-electron chi connectivity index (χ2n) is 6.68. The Kier molecular flexibility index (Phi) is 6.87. The van der Waals surface area contributed by atoms with Gasteiger partial charge in [0.05, 0.1) is 12.1 Å². The van der Waals surface area contributed by atoms with E-state index in [0.29, 0.717) is 53.3 Å². The minimum atomic E-state index is -0.697. The van der Waals surface area contributed by atoms with Crippen LogP contribution >= 0.6 is 23.2 Å². The SMILES string of the molecule is COc1ccc(C(=O)N2CCN(C(=O)C(C)Oc3ccc(Cl)cc3Cl)CC2)cc1. The van der Waals surface area contributed by atoms with Crippen molar-refractivity contribution in [3.05, 3.63) is 58.1 Å². The van der Waals surface area contributed by atoms with Crippen LogP contribution in [0.5, 0.6) is 11.5 Å². The van der Waals surface area contributed by atoms with Crippen molar-refractivity contribution < 1.29 is 19.1 Å². The van der Waals surface area contributed by atoms with Crippen LogP contribution in [0.1, 0.15) is 17.3 Å². The van der Waals surface area contributed by atoms with Gasteiger partial charge < -0.3 is 19.3 Å². The fourth-order valence-electron chi connectivity index (χ4n) is 3.11. The monoisotopic (exact) mass is 436 g/mol. The molecule has 1 atom stereocenters. The zero-order valence-electron chi connectivity index (χ0n) is 16.2. The summed E-state index contributed by atoms with van der Waals surface area (Å²) in [5.74, 6) is 0.904. The van der Waals surface area contributed by atoms with Gasteiger partial charge >= 0.3 is 0 Å². The first-order valence-corrected chi connectivity index (χ1v) is 9.98. The van der Waals surface area contributed by atoms with Gasteiger partial charge in [-0.3, -0.25) is 9.59 Å². The molecule has 1 fully saturated rings. The van der Waals surface area contributed by atoms with Crippen molar-refractivity contribution in [2.24, 2.45) is 0 Å². The van der Waals surface area contributed by atoms with Gasteiger partial charge in [0.2, 0.25) is 0 Å². The van der Waals surface area contributed by atoms with Crippen LogP contribution in [-0.4, -0.2) is 61.0 Å². The predicted octanol–water partition coefficient (Wildman–Crippen LogP) is 3.75. The minimum Gasteiger partial charge on any atom is -0.497 e. The summed E-state index contributed by atoms with van der Waals surface area (Å²) in [5, 5.41) is 0.853. The van der Waals surface area contributed by atoms with Crippen molar-refractivity contribution in [1.82, 2.24) is 9.80 Å². The zero-order chi connectivity index (χ0) is 21.0. The number of carbonyl (C=O) groups excluding carboxylic acids is 2.